The standard InChI is InChI=1S/C40H43N4O/c1-39(2,3)29-19-20-36-37(23-29)43(7)27-44(36,28-43)33-16-12-18-35(26-33)45-34-17-11-15-32(25-34)42(31-13-9-8-10-14-31)38-24-30(21-22-41-38)40(4,5)6/h8-27H,28H2,1-7H3/q+1/t43-,44+/m0/s1. The van der Waals surface area contributed by atoms with Crippen molar-refractivity contribution >= 4 is 34.3 Å². The Kier molecular flexibility index (Phi) is 6.70. The summed E-state index contributed by atoms with van der Waals surface area (Å²) in [6.07, 6.45) is 1.90. The first-order valence-electron chi connectivity index (χ1n) is 15.8. The van der Waals surface area contributed by atoms with Crippen LogP contribution in [0.1, 0.15) is 52.7 Å². The molecular formula is C40H43N4O+. The number of anilines is 3. The van der Waals surface area contributed by atoms with Crippen molar-refractivity contribution in [2.45, 2.75) is 52.4 Å². The zero-order chi connectivity index (χ0) is 31.6. The molecule has 4 aromatic carbocycles. The lowest BCUT2D eigenvalue weighted by Crippen LogP contribution is -2.68. The normalized spacial score (nSPS) is 20.3. The topological polar surface area (TPSA) is 25.4 Å². The molecule has 2 atom stereocenters. The molecule has 0 saturated carbocycles. The Morgan fingerprint density at radius 1 is 0.667 bits per heavy atom. The minimum absolute atomic E-state index is 0.0108. The molecule has 5 heteroatoms. The van der Waals surface area contributed by atoms with Gasteiger partial charge in [0, 0.05) is 36.1 Å². The summed E-state index contributed by atoms with van der Waals surface area (Å²) in [5, 5.41) is 0. The fourth-order valence-electron chi connectivity index (χ4n) is 6.79. The first-order chi connectivity index (χ1) is 21.4. The van der Waals surface area contributed by atoms with Crippen LogP contribution in [0.2, 0.25) is 0 Å². The highest BCUT2D eigenvalue weighted by atomic mass is 16.5. The quantitative estimate of drug-likeness (QED) is 0.144. The second-order valence-electron chi connectivity index (χ2n) is 14.8. The Morgan fingerprint density at radius 2 is 1.31 bits per heavy atom. The minimum atomic E-state index is 0.0108. The monoisotopic (exact) mass is 595 g/mol. The molecule has 2 bridgehead atoms. The third-order valence-electron chi connectivity index (χ3n) is 9.24. The summed E-state index contributed by atoms with van der Waals surface area (Å²) in [6, 6.07) is 38.6. The molecule has 0 radical (unpaired) electrons. The summed E-state index contributed by atoms with van der Waals surface area (Å²) in [5.41, 5.74) is 8.74. The molecule has 0 unspecified atom stereocenters. The number of pyridine rings is 1. The fraction of sp³-hybridized carbons (Fsp3) is 0.250. The summed E-state index contributed by atoms with van der Waals surface area (Å²) in [6.45, 7) is 17.0. The summed E-state index contributed by atoms with van der Waals surface area (Å²) in [7, 11) is 2.31. The van der Waals surface area contributed by atoms with Crippen LogP contribution in [-0.2, 0) is 10.8 Å². The molecule has 1 fully saturated rings. The van der Waals surface area contributed by atoms with Gasteiger partial charge in [0.2, 0.25) is 0 Å². The van der Waals surface area contributed by atoms with Crippen LogP contribution in [0.5, 0.6) is 11.5 Å². The van der Waals surface area contributed by atoms with Gasteiger partial charge in [0.25, 0.3) is 0 Å². The highest BCUT2D eigenvalue weighted by Gasteiger charge is 2.59. The van der Waals surface area contributed by atoms with Crippen molar-refractivity contribution in [1.82, 2.24) is 14.0 Å². The van der Waals surface area contributed by atoms with Gasteiger partial charge in [-0.05, 0) is 70.5 Å². The molecule has 3 aliphatic heterocycles. The van der Waals surface area contributed by atoms with Crippen LogP contribution in [0.15, 0.2) is 115 Å². The number of hydrogen-bond donors (Lipinski definition) is 0. The zero-order valence-electron chi connectivity index (χ0n) is 27.5. The van der Waals surface area contributed by atoms with Crippen LogP contribution in [0.25, 0.3) is 0 Å². The molecule has 228 valence electrons. The van der Waals surface area contributed by atoms with Crippen molar-refractivity contribution < 1.29 is 4.74 Å². The Labute approximate surface area is 268 Å². The summed E-state index contributed by atoms with van der Waals surface area (Å²) >= 11 is 0. The number of rotatable bonds is 6. The van der Waals surface area contributed by atoms with E-state index in [-0.39, 0.29) is 10.8 Å². The van der Waals surface area contributed by atoms with Gasteiger partial charge in [-0.15, -0.1) is 0 Å². The van der Waals surface area contributed by atoms with E-state index in [0.29, 0.717) is 0 Å². The summed E-state index contributed by atoms with van der Waals surface area (Å²) < 4.78 is 8.18. The predicted octanol–water partition coefficient (Wildman–Crippen LogP) is 10.6. The lowest BCUT2D eigenvalue weighted by Gasteiger charge is -2.54. The van der Waals surface area contributed by atoms with Crippen LogP contribution >= 0.6 is 0 Å². The van der Waals surface area contributed by atoms with E-state index in [9.17, 15) is 0 Å². The predicted molar refractivity (Wildman–Crippen MR) is 188 cm³/mol. The number of para-hydroxylation sites is 1. The van der Waals surface area contributed by atoms with E-state index in [4.69, 9.17) is 9.72 Å². The van der Waals surface area contributed by atoms with Crippen LogP contribution < -0.4 is 18.6 Å². The van der Waals surface area contributed by atoms with Gasteiger partial charge in [0.1, 0.15) is 23.0 Å². The number of hydrogen-bond acceptors (Lipinski definition) is 3. The molecule has 4 heterocycles. The molecule has 1 aromatic heterocycles. The number of benzene rings is 4. The van der Waals surface area contributed by atoms with Gasteiger partial charge in [-0.3, -0.25) is 9.38 Å². The van der Waals surface area contributed by atoms with Crippen molar-refractivity contribution in [3.05, 3.63) is 133 Å². The first-order valence-corrected chi connectivity index (χ1v) is 15.8. The van der Waals surface area contributed by atoms with Crippen LogP contribution in [0.4, 0.5) is 34.3 Å². The van der Waals surface area contributed by atoms with Crippen LogP contribution in [0, 0.1) is 6.67 Å². The van der Waals surface area contributed by atoms with Gasteiger partial charge in [-0.25, -0.2) is 4.98 Å². The highest BCUT2D eigenvalue weighted by molar-refractivity contribution is 5.84. The fourth-order valence-corrected chi connectivity index (χ4v) is 6.79. The van der Waals surface area contributed by atoms with E-state index in [1.807, 2.05) is 24.4 Å². The highest BCUT2D eigenvalue weighted by Crippen LogP contribution is 2.61. The number of ether oxygens (including phenoxy) is 1. The maximum absolute atomic E-state index is 6.58. The van der Waals surface area contributed by atoms with E-state index < -0.39 is 0 Å². The molecule has 1 saturated heterocycles. The molecule has 0 N–H and O–H groups in total. The van der Waals surface area contributed by atoms with Gasteiger partial charge in [0.15, 0.2) is 18.0 Å². The van der Waals surface area contributed by atoms with E-state index in [2.05, 4.69) is 151 Å². The minimum Gasteiger partial charge on any atom is -0.457 e. The van der Waals surface area contributed by atoms with E-state index in [1.165, 1.54) is 28.2 Å². The summed E-state index contributed by atoms with van der Waals surface area (Å²) in [4.78, 5) is 7.00. The van der Waals surface area contributed by atoms with Gasteiger partial charge >= 0.3 is 0 Å². The Morgan fingerprint density at radius 3 is 2.02 bits per heavy atom. The maximum Gasteiger partial charge on any atom is 0.181 e. The van der Waals surface area contributed by atoms with Crippen LogP contribution in [0.3, 0.4) is 0 Å². The van der Waals surface area contributed by atoms with E-state index in [1.54, 1.807) is 0 Å². The van der Waals surface area contributed by atoms with Crippen molar-refractivity contribution in [3.8, 4) is 11.5 Å². The Hall–Kier alpha value is -4.45. The molecule has 5 nitrogen and oxygen atoms in total. The van der Waals surface area contributed by atoms with Gasteiger partial charge in [-0.1, -0.05) is 77.9 Å². The van der Waals surface area contributed by atoms with Gasteiger partial charge in [-0.2, -0.15) is 0 Å². The average Bonchev–Trinajstić information content (AvgIpc) is 3.40. The molecule has 0 spiro atoms. The smallest absolute Gasteiger partial charge is 0.181 e. The van der Waals surface area contributed by atoms with Crippen molar-refractivity contribution in [2.24, 2.45) is 0 Å². The second-order valence-corrected chi connectivity index (χ2v) is 14.8. The second kappa shape index (κ2) is 10.3. The third kappa shape index (κ3) is 5.10. The average molecular weight is 596 g/mol. The van der Waals surface area contributed by atoms with Crippen molar-refractivity contribution in [1.29, 1.82) is 0 Å². The molecule has 0 aliphatic carbocycles. The molecule has 3 aliphatic rings. The van der Waals surface area contributed by atoms with Crippen LogP contribution in [-0.4, -0.2) is 18.7 Å². The zero-order valence-corrected chi connectivity index (χ0v) is 27.5. The molecule has 5 aromatic rings. The molecule has 8 rings (SSSR count). The maximum atomic E-state index is 6.58. The molecule has 45 heavy (non-hydrogen) atoms. The SMILES string of the molecule is CC(C)(C)c1ccnc(N(c2ccccc2)c2cccc(Oc3cccc([N@@+]45[CH-][N@@+](C)(C4)c4cc(C(C)(C)C)ccc45)c3)c2)c1. The Bertz CT molecular complexity index is 1880. The van der Waals surface area contributed by atoms with E-state index >= 15 is 0 Å². The summed E-state index contributed by atoms with van der Waals surface area (Å²) in [5.74, 6) is 2.48. The molecule has 0 amide bonds. The number of quaternary nitrogens is 2. The Balaban J connectivity index is 1.21. The van der Waals surface area contributed by atoms with E-state index in [0.717, 1.165) is 44.3 Å². The van der Waals surface area contributed by atoms with Crippen molar-refractivity contribution in [2.75, 3.05) is 18.6 Å². The number of nitrogens with zero attached hydrogens (tertiary/aromatic N) is 4. The first kappa shape index (κ1) is 29.3. The lowest BCUT2D eigenvalue weighted by atomic mass is 9.86. The third-order valence-corrected chi connectivity index (χ3v) is 9.24. The molecular weight excluding hydrogens is 552 g/mol. The van der Waals surface area contributed by atoms with Gasteiger partial charge in [0.05, 0.1) is 19.4 Å². The van der Waals surface area contributed by atoms with Crippen molar-refractivity contribution in [3.63, 3.8) is 0 Å². The lowest BCUT2D eigenvalue weighted by molar-refractivity contribution is 0.157. The largest absolute Gasteiger partial charge is 0.457 e. The number of aromatic nitrogens is 1. The van der Waals surface area contributed by atoms with Gasteiger partial charge < -0.3 is 9.22 Å².